The van der Waals surface area contributed by atoms with Gasteiger partial charge in [-0.05, 0) is 27.8 Å². The van der Waals surface area contributed by atoms with Crippen LogP contribution in [0.15, 0.2) is 0 Å². The maximum absolute atomic E-state index is 5.67. The lowest BCUT2D eigenvalue weighted by Gasteiger charge is -2.47. The SMILES string of the molecule is CC(CN)N1CCN(C)C(C)(C)C1. The lowest BCUT2D eigenvalue weighted by Crippen LogP contribution is -2.60. The van der Waals surface area contributed by atoms with E-state index in [2.05, 4.69) is 37.6 Å². The normalized spacial score (nSPS) is 27.5. The van der Waals surface area contributed by atoms with E-state index in [4.69, 9.17) is 5.73 Å². The van der Waals surface area contributed by atoms with E-state index in [0.717, 1.165) is 26.2 Å². The van der Waals surface area contributed by atoms with Crippen LogP contribution in [-0.4, -0.2) is 54.6 Å². The molecule has 3 nitrogen and oxygen atoms in total. The number of nitrogens with two attached hydrogens (primary N) is 1. The number of likely N-dealkylation sites (N-methyl/N-ethyl adjacent to an activating group) is 1. The minimum Gasteiger partial charge on any atom is -0.329 e. The standard InChI is InChI=1S/C10H23N3/c1-9(7-11)13-6-5-12(4)10(2,3)8-13/h9H,5-8,11H2,1-4H3. The van der Waals surface area contributed by atoms with Crippen LogP contribution in [0.25, 0.3) is 0 Å². The second-order valence-electron chi connectivity index (χ2n) is 4.79. The molecule has 0 aromatic heterocycles. The molecule has 78 valence electrons. The van der Waals surface area contributed by atoms with Crippen molar-refractivity contribution >= 4 is 0 Å². The molecule has 0 radical (unpaired) electrons. The Balaban J connectivity index is 2.55. The Morgan fingerprint density at radius 3 is 2.46 bits per heavy atom. The first kappa shape index (κ1) is 11.0. The van der Waals surface area contributed by atoms with Gasteiger partial charge < -0.3 is 5.73 Å². The Morgan fingerprint density at radius 2 is 2.00 bits per heavy atom. The summed E-state index contributed by atoms with van der Waals surface area (Å²) in [7, 11) is 2.20. The second kappa shape index (κ2) is 3.95. The zero-order chi connectivity index (χ0) is 10.1. The van der Waals surface area contributed by atoms with Crippen LogP contribution < -0.4 is 5.73 Å². The van der Waals surface area contributed by atoms with Gasteiger partial charge >= 0.3 is 0 Å². The van der Waals surface area contributed by atoms with Crippen molar-refractivity contribution < 1.29 is 0 Å². The predicted molar refractivity (Wildman–Crippen MR) is 56.8 cm³/mol. The highest BCUT2D eigenvalue weighted by molar-refractivity contribution is 4.89. The van der Waals surface area contributed by atoms with E-state index in [0.29, 0.717) is 11.6 Å². The van der Waals surface area contributed by atoms with Crippen LogP contribution >= 0.6 is 0 Å². The van der Waals surface area contributed by atoms with E-state index in [-0.39, 0.29) is 0 Å². The number of nitrogens with zero attached hydrogens (tertiary/aromatic N) is 2. The van der Waals surface area contributed by atoms with E-state index in [9.17, 15) is 0 Å². The number of rotatable bonds is 2. The zero-order valence-corrected chi connectivity index (χ0v) is 9.38. The summed E-state index contributed by atoms with van der Waals surface area (Å²) in [6.45, 7) is 11.0. The molecule has 0 aromatic rings. The molecule has 0 aromatic carbocycles. The molecule has 0 bridgehead atoms. The first-order valence-electron chi connectivity index (χ1n) is 5.13. The van der Waals surface area contributed by atoms with E-state index >= 15 is 0 Å². The Hall–Kier alpha value is -0.120. The highest BCUT2D eigenvalue weighted by Crippen LogP contribution is 2.19. The van der Waals surface area contributed by atoms with Crippen LogP contribution in [0.1, 0.15) is 20.8 Å². The van der Waals surface area contributed by atoms with Crippen molar-refractivity contribution in [1.29, 1.82) is 0 Å². The molecule has 0 saturated carbocycles. The molecule has 13 heavy (non-hydrogen) atoms. The highest BCUT2D eigenvalue weighted by Gasteiger charge is 2.32. The lowest BCUT2D eigenvalue weighted by atomic mass is 9.98. The van der Waals surface area contributed by atoms with Gasteiger partial charge in [0.05, 0.1) is 0 Å². The summed E-state index contributed by atoms with van der Waals surface area (Å²) in [5.41, 5.74) is 5.96. The summed E-state index contributed by atoms with van der Waals surface area (Å²) in [6.07, 6.45) is 0. The molecule has 1 aliphatic heterocycles. The summed E-state index contributed by atoms with van der Waals surface area (Å²) in [5.74, 6) is 0. The Labute approximate surface area is 81.9 Å². The first-order valence-corrected chi connectivity index (χ1v) is 5.13. The molecule has 1 atom stereocenters. The van der Waals surface area contributed by atoms with Gasteiger partial charge in [-0.1, -0.05) is 0 Å². The molecule has 1 unspecified atom stereocenters. The molecule has 0 aliphatic carbocycles. The van der Waals surface area contributed by atoms with Crippen molar-refractivity contribution in [3.8, 4) is 0 Å². The fraction of sp³-hybridized carbons (Fsp3) is 1.00. The Kier molecular flexibility index (Phi) is 3.33. The molecule has 3 heteroatoms. The summed E-state index contributed by atoms with van der Waals surface area (Å²) in [4.78, 5) is 4.91. The van der Waals surface area contributed by atoms with Crippen LogP contribution in [0, 0.1) is 0 Å². The van der Waals surface area contributed by atoms with Gasteiger partial charge in [0.2, 0.25) is 0 Å². The number of hydrogen-bond donors (Lipinski definition) is 1. The Morgan fingerprint density at radius 1 is 1.38 bits per heavy atom. The third kappa shape index (κ3) is 2.42. The second-order valence-corrected chi connectivity index (χ2v) is 4.79. The molecule has 1 aliphatic rings. The topological polar surface area (TPSA) is 32.5 Å². The molecule has 1 heterocycles. The van der Waals surface area contributed by atoms with Gasteiger partial charge in [0, 0.05) is 37.8 Å². The fourth-order valence-corrected chi connectivity index (χ4v) is 1.80. The van der Waals surface area contributed by atoms with Gasteiger partial charge in [0.25, 0.3) is 0 Å². The number of piperazine rings is 1. The molecule has 2 N–H and O–H groups in total. The minimum atomic E-state index is 0.293. The van der Waals surface area contributed by atoms with Crippen LogP contribution in [-0.2, 0) is 0 Å². The van der Waals surface area contributed by atoms with Crippen molar-refractivity contribution in [2.24, 2.45) is 5.73 Å². The van der Waals surface area contributed by atoms with Crippen molar-refractivity contribution in [2.75, 3.05) is 33.2 Å². The fourth-order valence-electron chi connectivity index (χ4n) is 1.80. The molecular weight excluding hydrogens is 162 g/mol. The molecule has 0 amide bonds. The maximum Gasteiger partial charge on any atom is 0.0277 e. The van der Waals surface area contributed by atoms with Gasteiger partial charge in [-0.2, -0.15) is 0 Å². The first-order chi connectivity index (χ1) is 5.97. The average Bonchev–Trinajstić information content (AvgIpc) is 2.08. The molecule has 1 saturated heterocycles. The maximum atomic E-state index is 5.67. The Bertz CT molecular complexity index is 168. The van der Waals surface area contributed by atoms with E-state index < -0.39 is 0 Å². The van der Waals surface area contributed by atoms with Gasteiger partial charge in [-0.15, -0.1) is 0 Å². The van der Waals surface area contributed by atoms with Crippen LogP contribution in [0.5, 0.6) is 0 Å². The van der Waals surface area contributed by atoms with Gasteiger partial charge in [0.1, 0.15) is 0 Å². The quantitative estimate of drug-likeness (QED) is 0.674. The van der Waals surface area contributed by atoms with Crippen LogP contribution in [0.4, 0.5) is 0 Å². The molecule has 1 rings (SSSR count). The van der Waals surface area contributed by atoms with Crippen molar-refractivity contribution in [3.05, 3.63) is 0 Å². The summed E-state index contributed by atoms with van der Waals surface area (Å²) >= 11 is 0. The van der Waals surface area contributed by atoms with Gasteiger partial charge in [-0.3, -0.25) is 9.80 Å². The van der Waals surface area contributed by atoms with Gasteiger partial charge in [-0.25, -0.2) is 0 Å². The van der Waals surface area contributed by atoms with Crippen molar-refractivity contribution in [3.63, 3.8) is 0 Å². The largest absolute Gasteiger partial charge is 0.329 e. The van der Waals surface area contributed by atoms with Crippen LogP contribution in [0.2, 0.25) is 0 Å². The van der Waals surface area contributed by atoms with E-state index in [1.54, 1.807) is 0 Å². The summed E-state index contributed by atoms with van der Waals surface area (Å²) < 4.78 is 0. The van der Waals surface area contributed by atoms with Crippen molar-refractivity contribution in [1.82, 2.24) is 9.80 Å². The third-order valence-corrected chi connectivity index (χ3v) is 3.31. The van der Waals surface area contributed by atoms with E-state index in [1.165, 1.54) is 0 Å². The molecule has 0 spiro atoms. The smallest absolute Gasteiger partial charge is 0.0277 e. The third-order valence-electron chi connectivity index (χ3n) is 3.31. The van der Waals surface area contributed by atoms with E-state index in [1.807, 2.05) is 0 Å². The average molecular weight is 185 g/mol. The minimum absolute atomic E-state index is 0.293. The molecule has 1 fully saturated rings. The number of hydrogen-bond acceptors (Lipinski definition) is 3. The van der Waals surface area contributed by atoms with Gasteiger partial charge in [0.15, 0.2) is 0 Å². The van der Waals surface area contributed by atoms with Crippen LogP contribution in [0.3, 0.4) is 0 Å². The highest BCUT2D eigenvalue weighted by atomic mass is 15.3. The molecular formula is C10H23N3. The van der Waals surface area contributed by atoms with Crippen molar-refractivity contribution in [2.45, 2.75) is 32.4 Å². The lowest BCUT2D eigenvalue weighted by molar-refractivity contribution is 0.0225. The summed E-state index contributed by atoms with van der Waals surface area (Å²) in [6, 6.07) is 0.521. The zero-order valence-electron chi connectivity index (χ0n) is 9.38. The summed E-state index contributed by atoms with van der Waals surface area (Å²) in [5, 5.41) is 0. The predicted octanol–water partition coefficient (Wildman–Crippen LogP) is 0.360. The monoisotopic (exact) mass is 185 g/mol.